The molecule has 5 nitrogen and oxygen atoms in total. The van der Waals surface area contributed by atoms with Crippen LogP contribution < -0.4 is 0 Å². The number of thiophene rings is 1. The highest BCUT2D eigenvalue weighted by molar-refractivity contribution is 9.10. The van der Waals surface area contributed by atoms with Gasteiger partial charge in [-0.25, -0.2) is 9.97 Å². The van der Waals surface area contributed by atoms with E-state index in [0.717, 1.165) is 20.5 Å². The van der Waals surface area contributed by atoms with Gasteiger partial charge in [-0.15, -0.1) is 11.3 Å². The standard InChI is InChI=1S/C23H23BrN2O3S/c1-23(2,3)20-9-8-19(30-20)18(27)11-16(22(28)29)10-14-4-6-15(7-5-14)21-25-12-17(24)13-26-21/h4-9,12-13,16H,10-11H2,1-3H3,(H,28,29)/t16-/m1/s1. The predicted molar refractivity (Wildman–Crippen MR) is 122 cm³/mol. The zero-order chi connectivity index (χ0) is 21.9. The van der Waals surface area contributed by atoms with Gasteiger partial charge in [0.2, 0.25) is 0 Å². The smallest absolute Gasteiger partial charge is 0.307 e. The van der Waals surface area contributed by atoms with Gasteiger partial charge >= 0.3 is 5.97 Å². The van der Waals surface area contributed by atoms with Gasteiger partial charge < -0.3 is 5.11 Å². The lowest BCUT2D eigenvalue weighted by Crippen LogP contribution is -2.20. The molecule has 1 aromatic carbocycles. The van der Waals surface area contributed by atoms with Crippen molar-refractivity contribution in [3.8, 4) is 11.4 Å². The third-order valence-electron chi connectivity index (χ3n) is 4.72. The number of aliphatic carboxylic acids is 1. The lowest BCUT2D eigenvalue weighted by atomic mass is 9.93. The molecule has 1 N–H and O–H groups in total. The van der Waals surface area contributed by atoms with Gasteiger partial charge in [0.15, 0.2) is 11.6 Å². The van der Waals surface area contributed by atoms with Crippen LogP contribution in [0.3, 0.4) is 0 Å². The Kier molecular flexibility index (Phi) is 6.83. The fourth-order valence-electron chi connectivity index (χ4n) is 3.00. The molecule has 0 aliphatic carbocycles. The maximum Gasteiger partial charge on any atom is 0.307 e. The Morgan fingerprint density at radius 3 is 2.23 bits per heavy atom. The molecule has 3 aromatic rings. The molecular formula is C23H23BrN2O3S. The minimum atomic E-state index is -0.962. The van der Waals surface area contributed by atoms with E-state index in [2.05, 4.69) is 46.7 Å². The number of Topliss-reactive ketones (excluding diaryl/α,β-unsaturated/α-hetero) is 1. The molecule has 2 aromatic heterocycles. The van der Waals surface area contributed by atoms with E-state index in [1.54, 1.807) is 18.5 Å². The highest BCUT2D eigenvalue weighted by Crippen LogP contribution is 2.31. The van der Waals surface area contributed by atoms with E-state index in [9.17, 15) is 14.7 Å². The molecule has 0 saturated carbocycles. The molecule has 1 atom stereocenters. The quantitative estimate of drug-likeness (QED) is 0.428. The number of rotatable bonds is 7. The van der Waals surface area contributed by atoms with Gasteiger partial charge in [0.25, 0.3) is 0 Å². The van der Waals surface area contributed by atoms with Crippen molar-refractivity contribution in [2.75, 3.05) is 0 Å². The van der Waals surface area contributed by atoms with Crippen LogP contribution in [0.5, 0.6) is 0 Å². The van der Waals surface area contributed by atoms with E-state index in [-0.39, 0.29) is 17.6 Å². The first kappa shape index (κ1) is 22.3. The fraction of sp³-hybridized carbons (Fsp3) is 0.304. The first-order valence-electron chi connectivity index (χ1n) is 9.56. The Bertz CT molecular complexity index is 1040. The third kappa shape index (κ3) is 5.61. The van der Waals surface area contributed by atoms with Gasteiger partial charge in [0, 0.05) is 29.3 Å². The van der Waals surface area contributed by atoms with E-state index >= 15 is 0 Å². The number of carboxylic acids is 1. The molecular weight excluding hydrogens is 464 g/mol. The average molecular weight is 487 g/mol. The Morgan fingerprint density at radius 2 is 1.70 bits per heavy atom. The molecule has 0 aliphatic heterocycles. The number of benzene rings is 1. The molecule has 0 spiro atoms. The van der Waals surface area contributed by atoms with Crippen LogP contribution in [0.4, 0.5) is 0 Å². The molecule has 0 bridgehead atoms. The number of nitrogens with zero attached hydrogens (tertiary/aromatic N) is 2. The minimum absolute atomic E-state index is 0.0169. The van der Waals surface area contributed by atoms with Crippen LogP contribution in [-0.2, 0) is 16.6 Å². The van der Waals surface area contributed by atoms with E-state index < -0.39 is 11.9 Å². The number of hydrogen-bond donors (Lipinski definition) is 1. The maximum atomic E-state index is 12.7. The Morgan fingerprint density at radius 1 is 1.07 bits per heavy atom. The van der Waals surface area contributed by atoms with Crippen molar-refractivity contribution in [2.45, 2.75) is 39.0 Å². The first-order chi connectivity index (χ1) is 14.1. The van der Waals surface area contributed by atoms with E-state index in [4.69, 9.17) is 0 Å². The number of ketones is 1. The molecule has 0 radical (unpaired) electrons. The van der Waals surface area contributed by atoms with Gasteiger partial charge in [-0.1, -0.05) is 45.0 Å². The molecule has 0 saturated heterocycles. The van der Waals surface area contributed by atoms with Gasteiger partial charge in [0.05, 0.1) is 15.3 Å². The summed E-state index contributed by atoms with van der Waals surface area (Å²) in [6, 6.07) is 11.2. The van der Waals surface area contributed by atoms with Crippen LogP contribution in [0.2, 0.25) is 0 Å². The number of carboxylic acid groups (broad SMARTS) is 1. The van der Waals surface area contributed by atoms with Gasteiger partial charge in [-0.2, -0.15) is 0 Å². The van der Waals surface area contributed by atoms with E-state index in [1.807, 2.05) is 30.3 Å². The van der Waals surface area contributed by atoms with Crippen molar-refractivity contribution in [3.05, 3.63) is 68.6 Å². The highest BCUT2D eigenvalue weighted by atomic mass is 79.9. The third-order valence-corrected chi connectivity index (χ3v) is 6.68. The summed E-state index contributed by atoms with van der Waals surface area (Å²) in [5.74, 6) is -1.26. The predicted octanol–water partition coefficient (Wildman–Crippen LogP) is 5.78. The Hall–Kier alpha value is -2.38. The highest BCUT2D eigenvalue weighted by Gasteiger charge is 2.25. The summed E-state index contributed by atoms with van der Waals surface area (Å²) in [7, 11) is 0. The maximum absolute atomic E-state index is 12.7. The van der Waals surface area contributed by atoms with Gasteiger partial charge in [-0.3, -0.25) is 9.59 Å². The second kappa shape index (κ2) is 9.18. The first-order valence-corrected chi connectivity index (χ1v) is 11.2. The summed E-state index contributed by atoms with van der Waals surface area (Å²) in [4.78, 5) is 34.7. The van der Waals surface area contributed by atoms with Crippen molar-refractivity contribution in [3.63, 3.8) is 0 Å². The lowest BCUT2D eigenvalue weighted by Gasteiger charge is -2.15. The average Bonchev–Trinajstić information content (AvgIpc) is 3.19. The van der Waals surface area contributed by atoms with Crippen molar-refractivity contribution < 1.29 is 14.7 Å². The molecule has 30 heavy (non-hydrogen) atoms. The second-order valence-corrected chi connectivity index (χ2v) is 10.2. The van der Waals surface area contributed by atoms with Crippen molar-refractivity contribution in [2.24, 2.45) is 5.92 Å². The summed E-state index contributed by atoms with van der Waals surface area (Å²) < 4.78 is 0.803. The van der Waals surface area contributed by atoms with Gasteiger partial charge in [0.1, 0.15) is 0 Å². The number of hydrogen-bond acceptors (Lipinski definition) is 5. The Labute approximate surface area is 188 Å². The topological polar surface area (TPSA) is 80.2 Å². The van der Waals surface area contributed by atoms with E-state index in [1.165, 1.54) is 11.3 Å². The SMILES string of the molecule is CC(C)(C)c1ccc(C(=O)C[C@@H](Cc2ccc(-c3ncc(Br)cn3)cc2)C(=O)O)s1. The molecule has 0 amide bonds. The molecule has 7 heteroatoms. The van der Waals surface area contributed by atoms with Crippen molar-refractivity contribution >= 4 is 39.0 Å². The molecule has 0 fully saturated rings. The summed E-state index contributed by atoms with van der Waals surface area (Å²) in [6.45, 7) is 6.28. The molecule has 156 valence electrons. The monoisotopic (exact) mass is 486 g/mol. The largest absolute Gasteiger partial charge is 0.481 e. The van der Waals surface area contributed by atoms with Crippen LogP contribution in [0, 0.1) is 5.92 Å². The minimum Gasteiger partial charge on any atom is -0.481 e. The number of carbonyl (C=O) groups excluding carboxylic acids is 1. The second-order valence-electron chi connectivity index (χ2n) is 8.20. The van der Waals surface area contributed by atoms with Crippen LogP contribution in [0.1, 0.15) is 47.3 Å². The van der Waals surface area contributed by atoms with Crippen molar-refractivity contribution in [1.29, 1.82) is 0 Å². The van der Waals surface area contributed by atoms with Crippen LogP contribution in [0.25, 0.3) is 11.4 Å². The normalized spacial score (nSPS) is 12.5. The summed E-state index contributed by atoms with van der Waals surface area (Å²) in [6.07, 6.45) is 3.63. The van der Waals surface area contributed by atoms with E-state index in [0.29, 0.717) is 17.1 Å². The number of carbonyl (C=O) groups is 2. The van der Waals surface area contributed by atoms with Crippen LogP contribution in [-0.4, -0.2) is 26.8 Å². The summed E-state index contributed by atoms with van der Waals surface area (Å²) in [5.41, 5.74) is 1.68. The van der Waals surface area contributed by atoms with Gasteiger partial charge in [-0.05, 0) is 45.5 Å². The zero-order valence-corrected chi connectivity index (χ0v) is 19.5. The molecule has 3 rings (SSSR count). The summed E-state index contributed by atoms with van der Waals surface area (Å²) >= 11 is 4.76. The van der Waals surface area contributed by atoms with Crippen molar-refractivity contribution in [1.82, 2.24) is 9.97 Å². The molecule has 0 aliphatic rings. The van der Waals surface area contributed by atoms with Crippen LogP contribution in [0.15, 0.2) is 53.3 Å². The molecule has 2 heterocycles. The zero-order valence-electron chi connectivity index (χ0n) is 17.1. The fourth-order valence-corrected chi connectivity index (χ4v) is 4.21. The molecule has 0 unspecified atom stereocenters. The number of halogens is 1. The van der Waals surface area contributed by atoms with Crippen LogP contribution >= 0.6 is 27.3 Å². The summed E-state index contributed by atoms with van der Waals surface area (Å²) in [5, 5.41) is 9.65. The number of aromatic nitrogens is 2. The Balaban J connectivity index is 1.69. The lowest BCUT2D eigenvalue weighted by molar-refractivity contribution is -0.141.